The van der Waals surface area contributed by atoms with Gasteiger partial charge in [0, 0.05) is 41.8 Å². The van der Waals surface area contributed by atoms with Crippen LogP contribution >= 0.6 is 0 Å². The molecule has 2 aromatic heterocycles. The van der Waals surface area contributed by atoms with Gasteiger partial charge in [0.05, 0.1) is 6.54 Å². The van der Waals surface area contributed by atoms with Crippen LogP contribution in [0.3, 0.4) is 0 Å². The minimum absolute atomic E-state index is 0.152. The summed E-state index contributed by atoms with van der Waals surface area (Å²) >= 11 is 0. The van der Waals surface area contributed by atoms with Crippen molar-refractivity contribution in [2.45, 2.75) is 20.4 Å². The van der Waals surface area contributed by atoms with E-state index in [9.17, 15) is 5.11 Å². The standard InChI is InChI=1S/C20H20N4O2/c1-13-10-22-14(2)23-20(13)24-6-7-26-19-17(12-24)8-16(9-18(19)25)15-4-3-5-21-11-15/h3-5,8-11,25H,6-7,12H2,1-2H3. The second-order valence-electron chi connectivity index (χ2n) is 6.42. The fourth-order valence-electron chi connectivity index (χ4n) is 3.22. The summed E-state index contributed by atoms with van der Waals surface area (Å²) < 4.78 is 5.84. The molecule has 0 saturated heterocycles. The van der Waals surface area contributed by atoms with Gasteiger partial charge in [-0.3, -0.25) is 4.98 Å². The predicted molar refractivity (Wildman–Crippen MR) is 99.4 cm³/mol. The molecule has 0 unspecified atom stereocenters. The van der Waals surface area contributed by atoms with Crippen LogP contribution in [0.2, 0.25) is 0 Å². The van der Waals surface area contributed by atoms with Crippen LogP contribution in [0.5, 0.6) is 11.5 Å². The lowest BCUT2D eigenvalue weighted by Gasteiger charge is -2.23. The molecule has 0 amide bonds. The van der Waals surface area contributed by atoms with Crippen molar-refractivity contribution < 1.29 is 9.84 Å². The van der Waals surface area contributed by atoms with Crippen molar-refractivity contribution in [2.75, 3.05) is 18.1 Å². The second kappa shape index (κ2) is 6.63. The second-order valence-corrected chi connectivity index (χ2v) is 6.42. The van der Waals surface area contributed by atoms with E-state index in [1.165, 1.54) is 0 Å². The molecule has 0 saturated carbocycles. The number of nitrogens with zero attached hydrogens (tertiary/aromatic N) is 4. The predicted octanol–water partition coefficient (Wildman–Crippen LogP) is 3.26. The van der Waals surface area contributed by atoms with E-state index in [1.54, 1.807) is 18.5 Å². The van der Waals surface area contributed by atoms with Crippen molar-refractivity contribution in [3.05, 3.63) is 59.8 Å². The maximum atomic E-state index is 10.5. The van der Waals surface area contributed by atoms with Crippen LogP contribution in [0.1, 0.15) is 17.0 Å². The third-order valence-corrected chi connectivity index (χ3v) is 4.47. The molecule has 0 spiro atoms. The van der Waals surface area contributed by atoms with Gasteiger partial charge in [0.25, 0.3) is 0 Å². The van der Waals surface area contributed by atoms with Gasteiger partial charge in [-0.25, -0.2) is 9.97 Å². The molecular weight excluding hydrogens is 328 g/mol. The lowest BCUT2D eigenvalue weighted by molar-refractivity contribution is 0.311. The number of ether oxygens (including phenoxy) is 1. The maximum Gasteiger partial charge on any atom is 0.166 e. The zero-order valence-electron chi connectivity index (χ0n) is 14.8. The normalized spacial score (nSPS) is 13.7. The summed E-state index contributed by atoms with van der Waals surface area (Å²) in [6, 6.07) is 7.63. The first kappa shape index (κ1) is 16.3. The fraction of sp³-hybridized carbons (Fsp3) is 0.250. The molecule has 26 heavy (non-hydrogen) atoms. The van der Waals surface area contributed by atoms with Crippen LogP contribution in [0.15, 0.2) is 42.9 Å². The first-order valence-electron chi connectivity index (χ1n) is 8.56. The zero-order chi connectivity index (χ0) is 18.1. The SMILES string of the molecule is Cc1ncc(C)c(N2CCOc3c(O)cc(-c4cccnc4)cc3C2)n1. The summed E-state index contributed by atoms with van der Waals surface area (Å²) in [5.74, 6) is 2.34. The van der Waals surface area contributed by atoms with Crippen molar-refractivity contribution in [1.29, 1.82) is 0 Å². The van der Waals surface area contributed by atoms with Gasteiger partial charge in [-0.15, -0.1) is 0 Å². The van der Waals surface area contributed by atoms with Crippen LogP contribution in [0, 0.1) is 13.8 Å². The number of aryl methyl sites for hydroxylation is 2. The van der Waals surface area contributed by atoms with Crippen molar-refractivity contribution >= 4 is 5.82 Å². The van der Waals surface area contributed by atoms with Gasteiger partial charge in [0.1, 0.15) is 18.2 Å². The molecule has 3 heterocycles. The third-order valence-electron chi connectivity index (χ3n) is 4.47. The van der Waals surface area contributed by atoms with Crippen molar-refractivity contribution in [1.82, 2.24) is 15.0 Å². The summed E-state index contributed by atoms with van der Waals surface area (Å²) in [6.45, 7) is 5.67. The van der Waals surface area contributed by atoms with Crippen molar-refractivity contribution in [3.8, 4) is 22.6 Å². The summed E-state index contributed by atoms with van der Waals surface area (Å²) in [5, 5.41) is 10.5. The molecule has 1 aliphatic rings. The Morgan fingerprint density at radius 1 is 1.15 bits per heavy atom. The minimum Gasteiger partial charge on any atom is -0.504 e. The summed E-state index contributed by atoms with van der Waals surface area (Å²) in [6.07, 6.45) is 5.36. The maximum absolute atomic E-state index is 10.5. The Labute approximate surface area is 152 Å². The zero-order valence-corrected chi connectivity index (χ0v) is 14.8. The molecule has 0 radical (unpaired) electrons. The topological polar surface area (TPSA) is 71.4 Å². The van der Waals surface area contributed by atoms with Crippen LogP contribution in [0.4, 0.5) is 5.82 Å². The molecule has 0 fully saturated rings. The molecule has 6 heteroatoms. The average molecular weight is 348 g/mol. The molecule has 6 nitrogen and oxygen atoms in total. The largest absolute Gasteiger partial charge is 0.504 e. The van der Waals surface area contributed by atoms with Gasteiger partial charge in [-0.05, 0) is 37.6 Å². The van der Waals surface area contributed by atoms with E-state index < -0.39 is 0 Å². The highest BCUT2D eigenvalue weighted by Crippen LogP contribution is 2.38. The Morgan fingerprint density at radius 3 is 2.85 bits per heavy atom. The van der Waals surface area contributed by atoms with Crippen molar-refractivity contribution in [3.63, 3.8) is 0 Å². The lowest BCUT2D eigenvalue weighted by Crippen LogP contribution is -2.27. The highest BCUT2D eigenvalue weighted by Gasteiger charge is 2.22. The number of aromatic nitrogens is 3. The minimum atomic E-state index is 0.152. The van der Waals surface area contributed by atoms with Gasteiger partial charge >= 0.3 is 0 Å². The molecule has 0 atom stereocenters. The Kier molecular flexibility index (Phi) is 4.16. The van der Waals surface area contributed by atoms with Crippen LogP contribution < -0.4 is 9.64 Å². The number of phenolic OH excluding ortho intramolecular Hbond substituents is 1. The van der Waals surface area contributed by atoms with E-state index in [1.807, 2.05) is 38.2 Å². The number of aromatic hydroxyl groups is 1. The number of phenols is 1. The van der Waals surface area contributed by atoms with E-state index in [0.717, 1.165) is 33.9 Å². The highest BCUT2D eigenvalue weighted by atomic mass is 16.5. The molecule has 1 N–H and O–H groups in total. The lowest BCUT2D eigenvalue weighted by atomic mass is 10.0. The third kappa shape index (κ3) is 3.06. The van der Waals surface area contributed by atoms with E-state index >= 15 is 0 Å². The van der Waals surface area contributed by atoms with Crippen molar-refractivity contribution in [2.24, 2.45) is 0 Å². The Morgan fingerprint density at radius 2 is 2.04 bits per heavy atom. The first-order valence-corrected chi connectivity index (χ1v) is 8.56. The Hall–Kier alpha value is -3.15. The Balaban J connectivity index is 1.75. The number of benzene rings is 1. The molecule has 1 aliphatic heterocycles. The number of hydrogen-bond donors (Lipinski definition) is 1. The van der Waals surface area contributed by atoms with Gasteiger partial charge in [-0.2, -0.15) is 0 Å². The summed E-state index contributed by atoms with van der Waals surface area (Å²) in [5.41, 5.74) is 3.81. The van der Waals surface area contributed by atoms with Crippen LogP contribution in [-0.2, 0) is 6.54 Å². The molecule has 4 rings (SSSR count). The van der Waals surface area contributed by atoms with Gasteiger partial charge in [0.15, 0.2) is 11.5 Å². The van der Waals surface area contributed by atoms with Crippen LogP contribution in [0.25, 0.3) is 11.1 Å². The molecule has 132 valence electrons. The molecular formula is C20H20N4O2. The number of hydrogen-bond acceptors (Lipinski definition) is 6. The number of rotatable bonds is 2. The highest BCUT2D eigenvalue weighted by molar-refractivity contribution is 5.69. The average Bonchev–Trinajstić information content (AvgIpc) is 2.87. The molecule has 3 aromatic rings. The molecule has 1 aromatic carbocycles. The quantitative estimate of drug-likeness (QED) is 0.766. The van der Waals surface area contributed by atoms with E-state index in [2.05, 4.69) is 19.9 Å². The van der Waals surface area contributed by atoms with E-state index in [-0.39, 0.29) is 5.75 Å². The summed E-state index contributed by atoms with van der Waals surface area (Å²) in [7, 11) is 0. The van der Waals surface area contributed by atoms with E-state index in [4.69, 9.17) is 4.74 Å². The van der Waals surface area contributed by atoms with Gasteiger partial charge in [-0.1, -0.05) is 6.07 Å². The number of anilines is 1. The monoisotopic (exact) mass is 348 g/mol. The first-order chi connectivity index (χ1) is 12.6. The molecule has 0 bridgehead atoms. The van der Waals surface area contributed by atoms with Gasteiger partial charge < -0.3 is 14.7 Å². The summed E-state index contributed by atoms with van der Waals surface area (Å²) in [4.78, 5) is 15.2. The smallest absolute Gasteiger partial charge is 0.166 e. The van der Waals surface area contributed by atoms with E-state index in [0.29, 0.717) is 25.4 Å². The number of fused-ring (bicyclic) bond motifs is 1. The Bertz CT molecular complexity index is 944. The van der Waals surface area contributed by atoms with Crippen LogP contribution in [-0.4, -0.2) is 33.2 Å². The van der Waals surface area contributed by atoms with Gasteiger partial charge in [0.2, 0.25) is 0 Å². The molecule has 0 aliphatic carbocycles. The number of pyridine rings is 1. The fourth-order valence-corrected chi connectivity index (χ4v) is 3.22.